The van der Waals surface area contributed by atoms with Crippen LogP contribution in [0.5, 0.6) is 11.5 Å². The first-order valence-corrected chi connectivity index (χ1v) is 18.8. The molecule has 0 bridgehead atoms. The van der Waals surface area contributed by atoms with Gasteiger partial charge in [-0.2, -0.15) is 13.2 Å². The summed E-state index contributed by atoms with van der Waals surface area (Å²) in [6.07, 6.45) is 5.01. The third kappa shape index (κ3) is 10.2. The average molecular weight is 702 g/mol. The molecule has 1 aromatic heterocycles. The number of anilines is 1. The minimum Gasteiger partial charge on any atom is -0.507 e. The number of halogens is 3. The average Bonchev–Trinajstić information content (AvgIpc) is 3.51. The molecule has 1 saturated heterocycles. The van der Waals surface area contributed by atoms with Crippen molar-refractivity contribution in [3.05, 3.63) is 84.4 Å². The summed E-state index contributed by atoms with van der Waals surface area (Å²) in [6, 6.07) is 22.3. The van der Waals surface area contributed by atoms with Gasteiger partial charge >= 0.3 is 6.18 Å². The lowest BCUT2D eigenvalue weighted by molar-refractivity contribution is -0.189. The van der Waals surface area contributed by atoms with Gasteiger partial charge < -0.3 is 20.5 Å². The van der Waals surface area contributed by atoms with Crippen molar-refractivity contribution in [2.45, 2.75) is 101 Å². The molecule has 7 nitrogen and oxygen atoms in total. The summed E-state index contributed by atoms with van der Waals surface area (Å²) in [5.41, 5.74) is 7.29. The van der Waals surface area contributed by atoms with Gasteiger partial charge in [0.25, 0.3) is 10.0 Å². The summed E-state index contributed by atoms with van der Waals surface area (Å²) < 4.78 is 70.7. The molecule has 0 radical (unpaired) electrons. The van der Waals surface area contributed by atoms with Crippen molar-refractivity contribution in [1.82, 2.24) is 3.97 Å². The summed E-state index contributed by atoms with van der Waals surface area (Å²) in [6.45, 7) is 5.51. The van der Waals surface area contributed by atoms with Crippen molar-refractivity contribution in [3.8, 4) is 11.5 Å². The first-order valence-electron chi connectivity index (χ1n) is 17.4. The maximum Gasteiger partial charge on any atom is 0.425 e. The van der Waals surface area contributed by atoms with E-state index in [9.17, 15) is 26.7 Å². The first kappa shape index (κ1) is 38.1. The molecule has 0 aliphatic carbocycles. The number of ether oxygens (including phenoxy) is 1. The largest absolute Gasteiger partial charge is 0.507 e. The van der Waals surface area contributed by atoms with Crippen LogP contribution >= 0.6 is 0 Å². The number of hydrogen-bond acceptors (Lipinski definition) is 6. The first-order chi connectivity index (χ1) is 23.5. The van der Waals surface area contributed by atoms with Crippen molar-refractivity contribution in [2.24, 2.45) is 5.73 Å². The smallest absolute Gasteiger partial charge is 0.425 e. The highest BCUT2D eigenvalue weighted by Gasteiger charge is 2.38. The monoisotopic (exact) mass is 701 g/mol. The number of aromatic hydroxyl groups is 1. The van der Waals surface area contributed by atoms with Crippen LogP contribution in [0.15, 0.2) is 83.8 Å². The highest BCUT2D eigenvalue weighted by atomic mass is 32.2. The molecule has 2 unspecified atom stereocenters. The van der Waals surface area contributed by atoms with Gasteiger partial charge in [-0.3, -0.25) is 0 Å². The molecule has 3 aromatic carbocycles. The van der Waals surface area contributed by atoms with Crippen LogP contribution in [0, 0.1) is 0 Å². The summed E-state index contributed by atoms with van der Waals surface area (Å²) in [5, 5.41) is 10.8. The third-order valence-electron chi connectivity index (χ3n) is 9.01. The van der Waals surface area contributed by atoms with Crippen molar-refractivity contribution in [2.75, 3.05) is 24.5 Å². The standard InChI is InChI=1S/C19H30F3NO.C19H20N2O3S/c1-3-4-5-6-8-16(9-7-14-23)17-10-12-18(13-11-17)24-15(2)19(20,21)22;22-18-11-7-10-17-16(18)14-19(20-12-5-2-6-13-20)21(17)25(23,24)15-8-3-1-4-9-15/h10-13,15-16H,3-9,14,23H2,1-2H3;1,3-4,7-11,14,22H,2,5-6,12-13H2. The molecule has 3 N–H and O–H groups in total. The van der Waals surface area contributed by atoms with E-state index in [1.54, 1.807) is 66.7 Å². The van der Waals surface area contributed by atoms with Gasteiger partial charge in [-0.25, -0.2) is 12.4 Å². The van der Waals surface area contributed by atoms with E-state index in [0.717, 1.165) is 64.1 Å². The predicted molar refractivity (Wildman–Crippen MR) is 191 cm³/mol. The maximum atomic E-state index is 13.3. The van der Waals surface area contributed by atoms with Crippen LogP contribution in [0.1, 0.15) is 89.5 Å². The Bertz CT molecular complexity index is 1690. The van der Waals surface area contributed by atoms with Crippen molar-refractivity contribution >= 4 is 26.7 Å². The van der Waals surface area contributed by atoms with Gasteiger partial charge in [0.05, 0.1) is 10.4 Å². The van der Waals surface area contributed by atoms with Crippen LogP contribution in [0.3, 0.4) is 0 Å². The number of fused-ring (bicyclic) bond motifs is 1. The molecule has 1 aliphatic heterocycles. The van der Waals surface area contributed by atoms with Crippen LogP contribution in [0.4, 0.5) is 19.0 Å². The number of piperidine rings is 1. The molecule has 11 heteroatoms. The number of alkyl halides is 3. The number of phenolic OH excluding ortho intramolecular Hbond substituents is 1. The van der Waals surface area contributed by atoms with Crippen molar-refractivity contribution in [1.29, 1.82) is 0 Å². The fraction of sp³-hybridized carbons (Fsp3) is 0.474. The summed E-state index contributed by atoms with van der Waals surface area (Å²) in [4.78, 5) is 2.35. The van der Waals surface area contributed by atoms with Gasteiger partial charge in [0, 0.05) is 18.5 Å². The van der Waals surface area contributed by atoms with E-state index < -0.39 is 22.3 Å². The number of nitrogens with two attached hydrogens (primary N) is 1. The molecular weight excluding hydrogens is 651 g/mol. The Hall–Kier alpha value is -3.70. The quantitative estimate of drug-likeness (QED) is 0.127. The highest BCUT2D eigenvalue weighted by Crippen LogP contribution is 2.36. The zero-order valence-electron chi connectivity index (χ0n) is 28.5. The van der Waals surface area contributed by atoms with E-state index in [1.165, 1.54) is 29.7 Å². The van der Waals surface area contributed by atoms with Crippen molar-refractivity contribution < 1.29 is 31.4 Å². The number of rotatable bonds is 14. The lowest BCUT2D eigenvalue weighted by Crippen LogP contribution is -2.32. The number of unbranched alkanes of at least 4 members (excludes halogenated alkanes) is 3. The topological polar surface area (TPSA) is 97.8 Å². The normalized spacial score (nSPS) is 15.0. The molecule has 49 heavy (non-hydrogen) atoms. The Morgan fingerprint density at radius 1 is 0.878 bits per heavy atom. The molecule has 0 spiro atoms. The lowest BCUT2D eigenvalue weighted by atomic mass is 9.89. The zero-order chi connectivity index (χ0) is 35.4. The third-order valence-corrected chi connectivity index (χ3v) is 10.7. The Morgan fingerprint density at radius 2 is 1.55 bits per heavy atom. The SMILES string of the molecule is CCCCCCC(CCCN)c1ccc(OC(C)C(F)(F)F)cc1.O=S(=O)(c1ccccc1)n1c(N2CCCCC2)cc2c(O)cccc21. The minimum atomic E-state index is -4.35. The Morgan fingerprint density at radius 3 is 2.18 bits per heavy atom. The van der Waals surface area contributed by atoms with Crippen LogP contribution in [-0.2, 0) is 10.0 Å². The van der Waals surface area contributed by atoms with E-state index in [2.05, 4.69) is 11.8 Å². The van der Waals surface area contributed by atoms with Crippen LogP contribution in [0.25, 0.3) is 10.9 Å². The molecule has 5 rings (SSSR count). The van der Waals surface area contributed by atoms with Gasteiger partial charge in [0.2, 0.25) is 0 Å². The molecule has 2 heterocycles. The molecule has 1 aliphatic rings. The zero-order valence-corrected chi connectivity index (χ0v) is 29.4. The highest BCUT2D eigenvalue weighted by molar-refractivity contribution is 7.90. The Balaban J connectivity index is 0.000000221. The molecule has 0 saturated carbocycles. The van der Waals surface area contributed by atoms with Crippen molar-refractivity contribution in [3.63, 3.8) is 0 Å². The molecule has 268 valence electrons. The Kier molecular flexibility index (Phi) is 13.8. The van der Waals surface area contributed by atoms with E-state index in [4.69, 9.17) is 10.5 Å². The van der Waals surface area contributed by atoms with E-state index >= 15 is 0 Å². The lowest BCUT2D eigenvalue weighted by Gasteiger charge is -2.29. The Labute approximate surface area is 288 Å². The number of benzene rings is 3. The van der Waals surface area contributed by atoms with Gasteiger partial charge in [-0.1, -0.05) is 69.0 Å². The van der Waals surface area contributed by atoms with Gasteiger partial charge in [0.1, 0.15) is 17.3 Å². The summed E-state index contributed by atoms with van der Waals surface area (Å²) in [5.74, 6) is 1.39. The number of phenols is 1. The second-order valence-electron chi connectivity index (χ2n) is 12.7. The van der Waals surface area contributed by atoms with Crippen LogP contribution in [-0.4, -0.2) is 49.4 Å². The van der Waals surface area contributed by atoms with E-state index in [1.807, 2.05) is 12.1 Å². The fourth-order valence-corrected chi connectivity index (χ4v) is 7.76. The van der Waals surface area contributed by atoms with Gasteiger partial charge in [-0.05, 0) is 106 Å². The minimum absolute atomic E-state index is 0.0952. The second kappa shape index (κ2) is 17.8. The summed E-state index contributed by atoms with van der Waals surface area (Å²) in [7, 11) is -3.76. The molecule has 1 fully saturated rings. The molecule has 2 atom stereocenters. The molecule has 4 aromatic rings. The van der Waals surface area contributed by atoms with E-state index in [0.29, 0.717) is 29.2 Å². The second-order valence-corrected chi connectivity index (χ2v) is 14.5. The predicted octanol–water partition coefficient (Wildman–Crippen LogP) is 9.38. The van der Waals surface area contributed by atoms with Gasteiger partial charge in [-0.15, -0.1) is 0 Å². The molecule has 0 amide bonds. The summed E-state index contributed by atoms with van der Waals surface area (Å²) >= 11 is 0. The van der Waals surface area contributed by atoms with Crippen LogP contribution < -0.4 is 15.4 Å². The van der Waals surface area contributed by atoms with Crippen LogP contribution in [0.2, 0.25) is 0 Å². The van der Waals surface area contributed by atoms with Gasteiger partial charge in [0.15, 0.2) is 6.10 Å². The number of aromatic nitrogens is 1. The fourth-order valence-electron chi connectivity index (χ4n) is 6.22. The molecular formula is C38H50F3N3O4S. The maximum absolute atomic E-state index is 13.3. The van der Waals surface area contributed by atoms with E-state index in [-0.39, 0.29) is 16.4 Å². The number of hydrogen-bond donors (Lipinski definition) is 2. The number of nitrogens with zero attached hydrogens (tertiary/aromatic N) is 2.